The van der Waals surface area contributed by atoms with Crippen molar-refractivity contribution in [1.82, 2.24) is 5.32 Å². The summed E-state index contributed by atoms with van der Waals surface area (Å²) in [6.07, 6.45) is 1.34. The van der Waals surface area contributed by atoms with Crippen LogP contribution >= 0.6 is 0 Å². The molecule has 1 unspecified atom stereocenters. The standard InChI is InChI=1S/C13H19NO4/c1-3-5-10(13(16)17)14-8-9-6-4-7-11(18-2)12(9)15/h4,6-7,10,14-15H,3,5,8H2,1-2H3,(H,16,17). The number of phenolic OH excluding ortho intramolecular Hbond substituents is 1. The first-order valence-electron chi connectivity index (χ1n) is 5.91. The van der Waals surface area contributed by atoms with Crippen molar-refractivity contribution in [3.63, 3.8) is 0 Å². The predicted octanol–water partition coefficient (Wildman–Crippen LogP) is 1.74. The maximum atomic E-state index is 11.0. The Morgan fingerprint density at radius 1 is 1.50 bits per heavy atom. The van der Waals surface area contributed by atoms with Crippen LogP contribution in [0.5, 0.6) is 11.5 Å². The molecule has 18 heavy (non-hydrogen) atoms. The number of para-hydroxylation sites is 1. The smallest absolute Gasteiger partial charge is 0.320 e. The fourth-order valence-electron chi connectivity index (χ4n) is 1.71. The zero-order valence-corrected chi connectivity index (χ0v) is 10.6. The average Bonchev–Trinajstić information content (AvgIpc) is 2.35. The van der Waals surface area contributed by atoms with Crippen LogP contribution in [-0.2, 0) is 11.3 Å². The Morgan fingerprint density at radius 2 is 2.22 bits per heavy atom. The second-order valence-electron chi connectivity index (χ2n) is 4.03. The molecule has 0 aliphatic heterocycles. The van der Waals surface area contributed by atoms with Crippen molar-refractivity contribution in [3.8, 4) is 11.5 Å². The molecule has 100 valence electrons. The molecule has 5 heteroatoms. The van der Waals surface area contributed by atoms with E-state index in [1.165, 1.54) is 7.11 Å². The van der Waals surface area contributed by atoms with Crippen molar-refractivity contribution in [1.29, 1.82) is 0 Å². The summed E-state index contributed by atoms with van der Waals surface area (Å²) in [7, 11) is 1.48. The van der Waals surface area contributed by atoms with Gasteiger partial charge >= 0.3 is 5.97 Å². The number of hydrogen-bond acceptors (Lipinski definition) is 4. The largest absolute Gasteiger partial charge is 0.504 e. The van der Waals surface area contributed by atoms with Crippen LogP contribution in [0.4, 0.5) is 0 Å². The minimum absolute atomic E-state index is 0.0492. The van der Waals surface area contributed by atoms with E-state index in [0.717, 1.165) is 6.42 Å². The van der Waals surface area contributed by atoms with E-state index in [4.69, 9.17) is 9.84 Å². The predicted molar refractivity (Wildman–Crippen MR) is 67.8 cm³/mol. The molecule has 0 aliphatic rings. The Balaban J connectivity index is 2.70. The molecule has 0 aliphatic carbocycles. The molecule has 1 aromatic carbocycles. The van der Waals surface area contributed by atoms with Gasteiger partial charge in [-0.15, -0.1) is 0 Å². The van der Waals surface area contributed by atoms with Gasteiger partial charge in [0.15, 0.2) is 11.5 Å². The molecule has 0 bridgehead atoms. The van der Waals surface area contributed by atoms with Gasteiger partial charge in [-0.2, -0.15) is 0 Å². The quantitative estimate of drug-likeness (QED) is 0.690. The monoisotopic (exact) mass is 253 g/mol. The molecule has 0 saturated heterocycles. The van der Waals surface area contributed by atoms with E-state index in [-0.39, 0.29) is 5.75 Å². The summed E-state index contributed by atoms with van der Waals surface area (Å²) in [4.78, 5) is 11.0. The summed E-state index contributed by atoms with van der Waals surface area (Å²) in [6, 6.07) is 4.54. The van der Waals surface area contributed by atoms with E-state index in [1.807, 2.05) is 6.92 Å². The number of aliphatic carboxylic acids is 1. The number of benzene rings is 1. The van der Waals surface area contributed by atoms with Crippen LogP contribution in [0.2, 0.25) is 0 Å². The van der Waals surface area contributed by atoms with Gasteiger partial charge in [0.2, 0.25) is 0 Å². The first-order chi connectivity index (χ1) is 8.60. The molecule has 1 rings (SSSR count). The molecule has 0 fully saturated rings. The molecule has 3 N–H and O–H groups in total. The second-order valence-corrected chi connectivity index (χ2v) is 4.03. The SMILES string of the molecule is CCCC(NCc1cccc(OC)c1O)C(=O)O. The highest BCUT2D eigenvalue weighted by Crippen LogP contribution is 2.29. The van der Waals surface area contributed by atoms with Gasteiger partial charge in [0.05, 0.1) is 7.11 Å². The van der Waals surface area contributed by atoms with Crippen molar-refractivity contribution < 1.29 is 19.7 Å². The lowest BCUT2D eigenvalue weighted by atomic mass is 10.1. The van der Waals surface area contributed by atoms with E-state index in [9.17, 15) is 9.90 Å². The number of aromatic hydroxyl groups is 1. The minimum atomic E-state index is -0.876. The lowest BCUT2D eigenvalue weighted by Gasteiger charge is -2.15. The Bertz CT molecular complexity index is 406. The second kappa shape index (κ2) is 6.86. The van der Waals surface area contributed by atoms with Gasteiger partial charge in [-0.1, -0.05) is 25.5 Å². The van der Waals surface area contributed by atoms with Crippen LogP contribution in [0.1, 0.15) is 25.3 Å². The molecule has 0 aromatic heterocycles. The van der Waals surface area contributed by atoms with Crippen LogP contribution in [-0.4, -0.2) is 29.3 Å². The Morgan fingerprint density at radius 3 is 2.78 bits per heavy atom. The Labute approximate surface area is 106 Å². The maximum Gasteiger partial charge on any atom is 0.320 e. The third kappa shape index (κ3) is 3.63. The van der Waals surface area contributed by atoms with Gasteiger partial charge in [0, 0.05) is 12.1 Å². The van der Waals surface area contributed by atoms with E-state index in [0.29, 0.717) is 24.3 Å². The van der Waals surface area contributed by atoms with Crippen molar-refractivity contribution >= 4 is 5.97 Å². The number of ether oxygens (including phenoxy) is 1. The first kappa shape index (κ1) is 14.3. The average molecular weight is 253 g/mol. The fourth-order valence-corrected chi connectivity index (χ4v) is 1.71. The van der Waals surface area contributed by atoms with Crippen LogP contribution in [0.15, 0.2) is 18.2 Å². The number of nitrogens with one attached hydrogen (secondary N) is 1. The highest BCUT2D eigenvalue weighted by molar-refractivity contribution is 5.73. The van der Waals surface area contributed by atoms with Gasteiger partial charge < -0.3 is 20.3 Å². The Kier molecular flexibility index (Phi) is 5.45. The third-order valence-electron chi connectivity index (χ3n) is 2.72. The number of carboxylic acids is 1. The maximum absolute atomic E-state index is 11.0. The molecule has 1 aromatic rings. The van der Waals surface area contributed by atoms with Crippen molar-refractivity contribution in [2.45, 2.75) is 32.4 Å². The summed E-state index contributed by atoms with van der Waals surface area (Å²) < 4.78 is 4.99. The molecule has 0 spiro atoms. The highest BCUT2D eigenvalue weighted by atomic mass is 16.5. The molecule has 1 atom stereocenters. The molecule has 0 amide bonds. The summed E-state index contributed by atoms with van der Waals surface area (Å²) in [5.41, 5.74) is 0.622. The molecule has 0 radical (unpaired) electrons. The van der Waals surface area contributed by atoms with E-state index < -0.39 is 12.0 Å². The van der Waals surface area contributed by atoms with Crippen LogP contribution in [0, 0.1) is 0 Å². The van der Waals surface area contributed by atoms with Crippen LogP contribution in [0.25, 0.3) is 0 Å². The number of phenols is 1. The van der Waals surface area contributed by atoms with E-state index >= 15 is 0 Å². The van der Waals surface area contributed by atoms with Crippen molar-refractivity contribution in [2.75, 3.05) is 7.11 Å². The number of hydrogen-bond donors (Lipinski definition) is 3. The molecular formula is C13H19NO4. The van der Waals surface area contributed by atoms with Gasteiger partial charge in [0.25, 0.3) is 0 Å². The van der Waals surface area contributed by atoms with E-state index in [2.05, 4.69) is 5.32 Å². The summed E-state index contributed by atoms with van der Waals surface area (Å²) in [6.45, 7) is 2.22. The third-order valence-corrected chi connectivity index (χ3v) is 2.72. The minimum Gasteiger partial charge on any atom is -0.504 e. The van der Waals surface area contributed by atoms with E-state index in [1.54, 1.807) is 18.2 Å². The van der Waals surface area contributed by atoms with Crippen molar-refractivity contribution in [2.24, 2.45) is 0 Å². The lowest BCUT2D eigenvalue weighted by molar-refractivity contribution is -0.139. The summed E-state index contributed by atoms with van der Waals surface area (Å²) in [5.74, 6) is -0.441. The van der Waals surface area contributed by atoms with Crippen molar-refractivity contribution in [3.05, 3.63) is 23.8 Å². The van der Waals surface area contributed by atoms with Crippen LogP contribution in [0.3, 0.4) is 0 Å². The first-order valence-corrected chi connectivity index (χ1v) is 5.91. The highest BCUT2D eigenvalue weighted by Gasteiger charge is 2.16. The number of carbonyl (C=O) groups is 1. The normalized spacial score (nSPS) is 12.1. The van der Waals surface area contributed by atoms with Gasteiger partial charge in [0.1, 0.15) is 6.04 Å². The number of methoxy groups -OCH3 is 1. The fraction of sp³-hybridized carbons (Fsp3) is 0.462. The zero-order chi connectivity index (χ0) is 13.5. The summed E-state index contributed by atoms with van der Waals surface area (Å²) >= 11 is 0. The van der Waals surface area contributed by atoms with Gasteiger partial charge in [-0.3, -0.25) is 4.79 Å². The molecular weight excluding hydrogens is 234 g/mol. The molecule has 5 nitrogen and oxygen atoms in total. The molecule has 0 saturated carbocycles. The number of rotatable bonds is 7. The zero-order valence-electron chi connectivity index (χ0n) is 10.6. The van der Waals surface area contributed by atoms with Gasteiger partial charge in [-0.25, -0.2) is 0 Å². The topological polar surface area (TPSA) is 78.8 Å². The molecule has 0 heterocycles. The van der Waals surface area contributed by atoms with Crippen LogP contribution < -0.4 is 10.1 Å². The Hall–Kier alpha value is -1.75. The summed E-state index contributed by atoms with van der Waals surface area (Å²) in [5, 5.41) is 21.8. The van der Waals surface area contributed by atoms with Gasteiger partial charge in [-0.05, 0) is 12.5 Å². The lowest BCUT2D eigenvalue weighted by Crippen LogP contribution is -2.36. The number of carboxylic acid groups (broad SMARTS) is 1.